The molecule has 0 bridgehead atoms. The van der Waals surface area contributed by atoms with E-state index in [1.807, 2.05) is 6.07 Å². The molecule has 7 heteroatoms. The van der Waals surface area contributed by atoms with Crippen LogP contribution in [-0.2, 0) is 6.54 Å². The Morgan fingerprint density at radius 3 is 2.42 bits per heavy atom. The first-order chi connectivity index (χ1) is 16.3. The number of nitrogens with one attached hydrogen (secondary N) is 1. The summed E-state index contributed by atoms with van der Waals surface area (Å²) in [5, 5.41) is 7.95. The molecular weight excluding hydrogens is 417 g/mol. The minimum absolute atomic E-state index is 0.269. The van der Waals surface area contributed by atoms with Crippen LogP contribution in [0.25, 0.3) is 22.5 Å². The second-order valence-corrected chi connectivity index (χ2v) is 9.27. The quantitative estimate of drug-likeness (QED) is 0.493. The Labute approximate surface area is 194 Å². The third-order valence-corrected chi connectivity index (χ3v) is 6.80. The van der Waals surface area contributed by atoms with Gasteiger partial charge in [-0.15, -0.1) is 0 Å². The Bertz CT molecular complexity index is 1040. The summed E-state index contributed by atoms with van der Waals surface area (Å²) in [4.78, 5) is 11.8. The van der Waals surface area contributed by atoms with E-state index in [1.165, 1.54) is 57.1 Å². The van der Waals surface area contributed by atoms with E-state index in [0.29, 0.717) is 24.2 Å². The van der Waals surface area contributed by atoms with Crippen LogP contribution in [0.15, 0.2) is 41.1 Å². The minimum Gasteiger partial charge on any atom is -0.359 e. The van der Waals surface area contributed by atoms with Gasteiger partial charge < -0.3 is 9.84 Å². The van der Waals surface area contributed by atoms with Gasteiger partial charge in [0.15, 0.2) is 5.76 Å². The van der Waals surface area contributed by atoms with Crippen molar-refractivity contribution in [2.45, 2.75) is 70.4 Å². The Kier molecular flexibility index (Phi) is 6.95. The topological polar surface area (TPSA) is 67.1 Å². The second-order valence-electron chi connectivity index (χ2n) is 9.27. The van der Waals surface area contributed by atoms with Gasteiger partial charge in [-0.05, 0) is 69.1 Å². The molecule has 1 saturated carbocycles. The third kappa shape index (κ3) is 5.41. The van der Waals surface area contributed by atoms with Crippen LogP contribution in [0.2, 0.25) is 0 Å². The van der Waals surface area contributed by atoms with Crippen molar-refractivity contribution in [3.8, 4) is 22.5 Å². The first-order valence-electron chi connectivity index (χ1n) is 12.3. The monoisotopic (exact) mass is 449 g/mol. The number of hydrogen-bond acceptors (Lipinski definition) is 6. The van der Waals surface area contributed by atoms with Gasteiger partial charge in [0.25, 0.3) is 0 Å². The SMILES string of the molecule is Fc1ccc(-c2noc(CN3CCCCCC3)c2-c2ccnc(NC3CCCCC3)n2)cc1. The zero-order valence-corrected chi connectivity index (χ0v) is 19.1. The number of aromatic nitrogens is 3. The van der Waals surface area contributed by atoms with Crippen molar-refractivity contribution in [3.05, 3.63) is 48.1 Å². The maximum Gasteiger partial charge on any atom is 0.223 e. The summed E-state index contributed by atoms with van der Waals surface area (Å²) in [7, 11) is 0. The largest absolute Gasteiger partial charge is 0.359 e. The van der Waals surface area contributed by atoms with Crippen molar-refractivity contribution in [2.75, 3.05) is 18.4 Å². The lowest BCUT2D eigenvalue weighted by molar-refractivity contribution is 0.239. The van der Waals surface area contributed by atoms with Gasteiger partial charge in [-0.3, -0.25) is 4.90 Å². The summed E-state index contributed by atoms with van der Waals surface area (Å²) in [5.41, 5.74) is 3.17. The highest BCUT2D eigenvalue weighted by atomic mass is 19.1. The van der Waals surface area contributed by atoms with Gasteiger partial charge in [-0.25, -0.2) is 14.4 Å². The molecule has 0 amide bonds. The van der Waals surface area contributed by atoms with Gasteiger partial charge in [0, 0.05) is 17.8 Å². The van der Waals surface area contributed by atoms with Gasteiger partial charge in [-0.1, -0.05) is 37.3 Å². The summed E-state index contributed by atoms with van der Waals surface area (Å²) in [5.74, 6) is 1.18. The maximum atomic E-state index is 13.6. The fraction of sp³-hybridized carbons (Fsp3) is 0.500. The lowest BCUT2D eigenvalue weighted by Gasteiger charge is -2.22. The number of likely N-dealkylation sites (tertiary alicyclic amines) is 1. The van der Waals surface area contributed by atoms with Crippen molar-refractivity contribution in [2.24, 2.45) is 0 Å². The molecule has 174 valence electrons. The van der Waals surface area contributed by atoms with E-state index in [1.54, 1.807) is 18.3 Å². The number of nitrogens with zero attached hydrogens (tertiary/aromatic N) is 4. The molecule has 2 aromatic heterocycles. The van der Waals surface area contributed by atoms with E-state index in [0.717, 1.165) is 48.5 Å². The molecule has 3 heterocycles. The van der Waals surface area contributed by atoms with E-state index in [9.17, 15) is 4.39 Å². The van der Waals surface area contributed by atoms with Crippen LogP contribution in [0.4, 0.5) is 10.3 Å². The highest BCUT2D eigenvalue weighted by molar-refractivity contribution is 5.80. The zero-order chi connectivity index (χ0) is 22.5. The number of halogens is 1. The summed E-state index contributed by atoms with van der Waals surface area (Å²) in [6, 6.07) is 8.74. The normalized spacial score (nSPS) is 18.2. The molecule has 0 unspecified atom stereocenters. The molecule has 3 aromatic rings. The van der Waals surface area contributed by atoms with E-state index in [4.69, 9.17) is 9.51 Å². The van der Waals surface area contributed by atoms with Crippen molar-refractivity contribution in [1.29, 1.82) is 0 Å². The van der Waals surface area contributed by atoms with Gasteiger partial charge in [0.05, 0.1) is 17.8 Å². The van der Waals surface area contributed by atoms with E-state index >= 15 is 0 Å². The average molecular weight is 450 g/mol. The number of benzene rings is 1. The fourth-order valence-corrected chi connectivity index (χ4v) is 5.00. The molecule has 2 aliphatic rings. The van der Waals surface area contributed by atoms with Crippen LogP contribution in [0.1, 0.15) is 63.5 Å². The van der Waals surface area contributed by atoms with Crippen LogP contribution in [0.3, 0.4) is 0 Å². The highest BCUT2D eigenvalue weighted by Crippen LogP contribution is 2.35. The molecule has 5 rings (SSSR count). The Hall–Kier alpha value is -2.80. The fourth-order valence-electron chi connectivity index (χ4n) is 5.00. The summed E-state index contributed by atoms with van der Waals surface area (Å²) in [6.45, 7) is 2.81. The molecule has 2 fully saturated rings. The summed E-state index contributed by atoms with van der Waals surface area (Å²) in [6.07, 6.45) is 12.9. The molecule has 33 heavy (non-hydrogen) atoms. The van der Waals surface area contributed by atoms with Crippen molar-refractivity contribution in [1.82, 2.24) is 20.0 Å². The number of hydrogen-bond donors (Lipinski definition) is 1. The molecule has 1 N–H and O–H groups in total. The maximum absolute atomic E-state index is 13.6. The predicted molar refractivity (Wildman–Crippen MR) is 127 cm³/mol. The average Bonchev–Trinajstić information content (AvgIpc) is 3.07. The van der Waals surface area contributed by atoms with Gasteiger partial charge >= 0.3 is 0 Å². The first kappa shape index (κ1) is 22.0. The van der Waals surface area contributed by atoms with Crippen LogP contribution in [0.5, 0.6) is 0 Å². The smallest absolute Gasteiger partial charge is 0.223 e. The van der Waals surface area contributed by atoms with Crippen LogP contribution in [-0.4, -0.2) is 39.2 Å². The summed E-state index contributed by atoms with van der Waals surface area (Å²) < 4.78 is 19.5. The molecule has 1 aliphatic carbocycles. The summed E-state index contributed by atoms with van der Waals surface area (Å²) >= 11 is 0. The lowest BCUT2D eigenvalue weighted by Crippen LogP contribution is -2.24. The Morgan fingerprint density at radius 1 is 0.939 bits per heavy atom. The van der Waals surface area contributed by atoms with E-state index in [-0.39, 0.29) is 5.82 Å². The Balaban J connectivity index is 1.49. The van der Waals surface area contributed by atoms with Gasteiger partial charge in [-0.2, -0.15) is 0 Å². The van der Waals surface area contributed by atoms with E-state index < -0.39 is 0 Å². The van der Waals surface area contributed by atoms with E-state index in [2.05, 4.69) is 20.4 Å². The van der Waals surface area contributed by atoms with Crippen LogP contribution in [0, 0.1) is 5.82 Å². The molecule has 1 saturated heterocycles. The molecule has 1 aliphatic heterocycles. The van der Waals surface area contributed by atoms with Gasteiger partial charge in [0.1, 0.15) is 11.5 Å². The standard InChI is InChI=1S/C26H32FN5O/c27-20-12-10-19(11-13-20)25-24(23(33-31-25)18-32-16-6-1-2-7-17-32)22-14-15-28-26(30-22)29-21-8-4-3-5-9-21/h10-15,21H,1-9,16-18H2,(H,28,29,30). The lowest BCUT2D eigenvalue weighted by atomic mass is 9.96. The van der Waals surface area contributed by atoms with Crippen LogP contribution < -0.4 is 5.32 Å². The van der Waals surface area contributed by atoms with Crippen molar-refractivity contribution < 1.29 is 8.91 Å². The molecule has 6 nitrogen and oxygen atoms in total. The highest BCUT2D eigenvalue weighted by Gasteiger charge is 2.24. The Morgan fingerprint density at radius 2 is 1.67 bits per heavy atom. The molecule has 1 aromatic carbocycles. The van der Waals surface area contributed by atoms with Crippen molar-refractivity contribution >= 4 is 5.95 Å². The molecule has 0 radical (unpaired) electrons. The van der Waals surface area contributed by atoms with Crippen LogP contribution >= 0.6 is 0 Å². The van der Waals surface area contributed by atoms with Crippen molar-refractivity contribution in [3.63, 3.8) is 0 Å². The number of anilines is 1. The molecule has 0 atom stereocenters. The second kappa shape index (κ2) is 10.4. The van der Waals surface area contributed by atoms with Gasteiger partial charge in [0.2, 0.25) is 5.95 Å². The first-order valence-corrected chi connectivity index (χ1v) is 12.3. The molecular formula is C26H32FN5O. The zero-order valence-electron chi connectivity index (χ0n) is 19.1. The predicted octanol–water partition coefficient (Wildman–Crippen LogP) is 6.06. The third-order valence-electron chi connectivity index (χ3n) is 6.80. The number of rotatable bonds is 6. The minimum atomic E-state index is -0.269. The molecule has 0 spiro atoms.